The minimum absolute atomic E-state index is 0.0900. The molecule has 0 amide bonds. The molecule has 0 aliphatic heterocycles. The predicted molar refractivity (Wildman–Crippen MR) is 79.9 cm³/mol. The van der Waals surface area contributed by atoms with Crippen molar-refractivity contribution in [2.24, 2.45) is 10.4 Å². The normalized spacial score (nSPS) is 15.7. The Labute approximate surface area is 111 Å². The highest BCUT2D eigenvalue weighted by Gasteiger charge is 2.22. The van der Waals surface area contributed by atoms with Crippen LogP contribution < -0.4 is 0 Å². The molecule has 96 valence electrons. The summed E-state index contributed by atoms with van der Waals surface area (Å²) < 4.78 is 0. The van der Waals surface area contributed by atoms with Gasteiger partial charge in [0, 0.05) is 7.05 Å². The molecule has 0 rings (SSSR count). The van der Waals surface area contributed by atoms with E-state index in [1.54, 1.807) is 7.05 Å². The summed E-state index contributed by atoms with van der Waals surface area (Å²) in [6.45, 7) is 14.5. The summed E-state index contributed by atoms with van der Waals surface area (Å²) in [5.74, 6) is 0. The van der Waals surface area contributed by atoms with Crippen molar-refractivity contribution >= 4 is 17.3 Å². The van der Waals surface area contributed by atoms with Crippen molar-refractivity contribution in [2.45, 2.75) is 41.0 Å². The summed E-state index contributed by atoms with van der Waals surface area (Å²) in [6.07, 6.45) is 4.84. The quantitative estimate of drug-likeness (QED) is 0.475. The molecule has 0 aromatic heterocycles. The SMILES string of the molecule is C=C/C(=C(C)/C(=N/C)C(/Cl)=C\C)C(C)(C)CC. The zero-order valence-corrected chi connectivity index (χ0v) is 12.7. The minimum atomic E-state index is 0.0900. The molecular formula is C15H24ClN. The summed E-state index contributed by atoms with van der Waals surface area (Å²) in [7, 11) is 1.77. The van der Waals surface area contributed by atoms with Crippen molar-refractivity contribution in [1.82, 2.24) is 0 Å². The van der Waals surface area contributed by atoms with Crippen LogP contribution in [0.3, 0.4) is 0 Å². The fourth-order valence-electron chi connectivity index (χ4n) is 1.85. The molecule has 0 heterocycles. The lowest BCUT2D eigenvalue weighted by Gasteiger charge is -2.27. The smallest absolute Gasteiger partial charge is 0.0785 e. The van der Waals surface area contributed by atoms with E-state index in [1.165, 1.54) is 5.57 Å². The van der Waals surface area contributed by atoms with Gasteiger partial charge in [-0.3, -0.25) is 4.99 Å². The highest BCUT2D eigenvalue weighted by atomic mass is 35.5. The van der Waals surface area contributed by atoms with Gasteiger partial charge in [0.2, 0.25) is 0 Å². The Kier molecular flexibility index (Phi) is 6.48. The molecule has 0 bridgehead atoms. The van der Waals surface area contributed by atoms with Gasteiger partial charge in [-0.05, 0) is 36.8 Å². The second-order valence-electron chi connectivity index (χ2n) is 4.69. The summed E-state index contributed by atoms with van der Waals surface area (Å²) in [5, 5.41) is 0.691. The highest BCUT2D eigenvalue weighted by molar-refractivity contribution is 6.46. The van der Waals surface area contributed by atoms with E-state index in [1.807, 2.05) is 19.1 Å². The van der Waals surface area contributed by atoms with Crippen molar-refractivity contribution < 1.29 is 0 Å². The lowest BCUT2D eigenvalue weighted by molar-refractivity contribution is 0.438. The Morgan fingerprint density at radius 2 is 1.94 bits per heavy atom. The molecule has 0 saturated carbocycles. The van der Waals surface area contributed by atoms with Gasteiger partial charge >= 0.3 is 0 Å². The van der Waals surface area contributed by atoms with Gasteiger partial charge in [-0.1, -0.05) is 51.1 Å². The third-order valence-electron chi connectivity index (χ3n) is 3.28. The Balaban J connectivity index is 5.77. The molecule has 0 aliphatic rings. The van der Waals surface area contributed by atoms with Crippen molar-refractivity contribution in [3.8, 4) is 0 Å². The average molecular weight is 254 g/mol. The molecule has 0 unspecified atom stereocenters. The Morgan fingerprint density at radius 3 is 2.24 bits per heavy atom. The maximum atomic E-state index is 6.18. The standard InChI is InChI=1S/C15H24ClN/c1-8-12(15(5,6)10-3)11(4)14(17-7)13(16)9-2/h8-9H,1,10H2,2-7H3/b12-11-,13-9+,17-14-. The molecule has 0 radical (unpaired) electrons. The second-order valence-corrected chi connectivity index (χ2v) is 5.10. The van der Waals surface area contributed by atoms with Crippen LogP contribution in [0.5, 0.6) is 0 Å². The zero-order chi connectivity index (χ0) is 13.6. The van der Waals surface area contributed by atoms with E-state index in [2.05, 4.69) is 39.3 Å². The Hall–Kier alpha value is -0.820. The van der Waals surface area contributed by atoms with E-state index in [0.29, 0.717) is 5.03 Å². The maximum Gasteiger partial charge on any atom is 0.0785 e. The lowest BCUT2D eigenvalue weighted by atomic mass is 9.78. The number of hydrogen-bond acceptors (Lipinski definition) is 1. The number of allylic oxidation sites excluding steroid dienone is 5. The first-order valence-electron chi connectivity index (χ1n) is 5.98. The minimum Gasteiger partial charge on any atom is -0.287 e. The first kappa shape index (κ1) is 16.2. The second kappa shape index (κ2) is 6.80. The van der Waals surface area contributed by atoms with Crippen LogP contribution in [-0.4, -0.2) is 12.8 Å². The van der Waals surface area contributed by atoms with Crippen LogP contribution in [0.2, 0.25) is 0 Å². The number of aliphatic imine (C=N–C) groups is 1. The monoisotopic (exact) mass is 253 g/mol. The lowest BCUT2D eigenvalue weighted by Crippen LogP contribution is -2.16. The number of nitrogens with zero attached hydrogens (tertiary/aromatic N) is 1. The van der Waals surface area contributed by atoms with Crippen molar-refractivity contribution in [3.63, 3.8) is 0 Å². The summed E-state index contributed by atoms with van der Waals surface area (Å²) in [4.78, 5) is 4.29. The van der Waals surface area contributed by atoms with Crippen LogP contribution in [0.25, 0.3) is 0 Å². The molecule has 0 aromatic rings. The summed E-state index contributed by atoms with van der Waals surface area (Å²) in [6, 6.07) is 0. The fourth-order valence-corrected chi connectivity index (χ4v) is 2.07. The number of rotatable bonds is 5. The van der Waals surface area contributed by atoms with Gasteiger partial charge in [0.25, 0.3) is 0 Å². The van der Waals surface area contributed by atoms with Crippen LogP contribution in [0, 0.1) is 5.41 Å². The molecule has 0 atom stereocenters. The van der Waals surface area contributed by atoms with Crippen molar-refractivity contribution in [2.75, 3.05) is 7.05 Å². The fraction of sp³-hybridized carbons (Fsp3) is 0.533. The van der Waals surface area contributed by atoms with Crippen LogP contribution >= 0.6 is 11.6 Å². The van der Waals surface area contributed by atoms with Gasteiger partial charge < -0.3 is 0 Å². The largest absolute Gasteiger partial charge is 0.287 e. The van der Waals surface area contributed by atoms with Crippen LogP contribution in [0.1, 0.15) is 41.0 Å². The first-order valence-corrected chi connectivity index (χ1v) is 6.36. The van der Waals surface area contributed by atoms with Gasteiger partial charge in [-0.15, -0.1) is 0 Å². The van der Waals surface area contributed by atoms with Gasteiger partial charge in [0.05, 0.1) is 10.7 Å². The molecule has 2 heteroatoms. The van der Waals surface area contributed by atoms with Crippen LogP contribution in [0.15, 0.2) is 39.9 Å². The van der Waals surface area contributed by atoms with Gasteiger partial charge in [-0.2, -0.15) is 0 Å². The van der Waals surface area contributed by atoms with Crippen molar-refractivity contribution in [3.05, 3.63) is 34.9 Å². The molecule has 0 aromatic carbocycles. The van der Waals surface area contributed by atoms with E-state index >= 15 is 0 Å². The van der Waals surface area contributed by atoms with Gasteiger partial charge in [0.15, 0.2) is 0 Å². The maximum absolute atomic E-state index is 6.18. The molecule has 0 fully saturated rings. The first-order chi connectivity index (χ1) is 7.85. The Morgan fingerprint density at radius 1 is 1.41 bits per heavy atom. The molecule has 0 aliphatic carbocycles. The van der Waals surface area contributed by atoms with E-state index in [-0.39, 0.29) is 5.41 Å². The molecule has 1 nitrogen and oxygen atoms in total. The third kappa shape index (κ3) is 3.85. The molecule has 0 spiro atoms. The molecule has 0 saturated heterocycles. The number of hydrogen-bond donors (Lipinski definition) is 0. The molecular weight excluding hydrogens is 230 g/mol. The van der Waals surface area contributed by atoms with E-state index in [9.17, 15) is 0 Å². The van der Waals surface area contributed by atoms with Gasteiger partial charge in [0.1, 0.15) is 0 Å². The predicted octanol–water partition coefficient (Wildman–Crippen LogP) is 5.14. The van der Waals surface area contributed by atoms with E-state index in [4.69, 9.17) is 11.6 Å². The summed E-state index contributed by atoms with van der Waals surface area (Å²) in [5.41, 5.74) is 3.26. The van der Waals surface area contributed by atoms with E-state index < -0.39 is 0 Å². The van der Waals surface area contributed by atoms with E-state index in [0.717, 1.165) is 17.7 Å². The number of halogens is 1. The van der Waals surface area contributed by atoms with Crippen LogP contribution in [0.4, 0.5) is 0 Å². The topological polar surface area (TPSA) is 12.4 Å². The highest BCUT2D eigenvalue weighted by Crippen LogP contribution is 2.34. The average Bonchev–Trinajstić information content (AvgIpc) is 2.30. The Bertz CT molecular complexity index is 370. The molecule has 17 heavy (non-hydrogen) atoms. The zero-order valence-electron chi connectivity index (χ0n) is 11.9. The van der Waals surface area contributed by atoms with Crippen LogP contribution in [-0.2, 0) is 0 Å². The molecule has 0 N–H and O–H groups in total. The van der Waals surface area contributed by atoms with Gasteiger partial charge in [-0.25, -0.2) is 0 Å². The van der Waals surface area contributed by atoms with Crippen molar-refractivity contribution in [1.29, 1.82) is 0 Å². The summed E-state index contributed by atoms with van der Waals surface area (Å²) >= 11 is 6.18. The third-order valence-corrected chi connectivity index (χ3v) is 3.68.